The van der Waals surface area contributed by atoms with E-state index in [1.807, 2.05) is 0 Å². The summed E-state index contributed by atoms with van der Waals surface area (Å²) in [7, 11) is -4.38. The Kier molecular flexibility index (Phi) is 40.5. The molecule has 0 bridgehead atoms. The lowest BCUT2D eigenvalue weighted by Crippen LogP contribution is -2.29. The second-order valence-corrected chi connectivity index (χ2v) is 16.4. The number of carbonyl (C=O) groups excluding carboxylic acids is 2. The van der Waals surface area contributed by atoms with Gasteiger partial charge in [0.2, 0.25) is 0 Å². The first-order valence-electron chi connectivity index (χ1n) is 22.5. The van der Waals surface area contributed by atoms with Gasteiger partial charge < -0.3 is 20.1 Å². The van der Waals surface area contributed by atoms with Crippen LogP contribution in [0.4, 0.5) is 0 Å². The fourth-order valence-electron chi connectivity index (χ4n) is 6.13. The van der Waals surface area contributed by atoms with Gasteiger partial charge >= 0.3 is 19.8 Å². The van der Waals surface area contributed by atoms with Crippen LogP contribution in [0.2, 0.25) is 0 Å². The molecule has 0 heterocycles. The molecule has 0 fully saturated rings. The van der Waals surface area contributed by atoms with Crippen LogP contribution in [0.25, 0.3) is 0 Å². The zero-order valence-electron chi connectivity index (χ0n) is 35.4. The third kappa shape index (κ3) is 41.7. The zero-order chi connectivity index (χ0) is 40.3. The third-order valence-corrected chi connectivity index (χ3v) is 10.5. The van der Waals surface area contributed by atoms with E-state index in [4.69, 9.17) is 24.3 Å². The largest absolute Gasteiger partial charge is 0.472 e. The molecule has 0 saturated heterocycles. The second-order valence-electron chi connectivity index (χ2n) is 14.9. The molecular formula is C45H84NO8P. The molecule has 322 valence electrons. The molecule has 0 aliphatic carbocycles. The summed E-state index contributed by atoms with van der Waals surface area (Å²) in [6.45, 7) is 3.69. The highest BCUT2D eigenvalue weighted by molar-refractivity contribution is 7.47. The van der Waals surface area contributed by atoms with Gasteiger partial charge in [-0.05, 0) is 70.6 Å². The molecule has 0 spiro atoms. The van der Waals surface area contributed by atoms with Gasteiger partial charge in [0.15, 0.2) is 6.10 Å². The molecule has 0 rings (SSSR count). The molecule has 0 aromatic carbocycles. The third-order valence-electron chi connectivity index (χ3n) is 9.50. The van der Waals surface area contributed by atoms with E-state index < -0.39 is 26.5 Å². The highest BCUT2D eigenvalue weighted by atomic mass is 31.2. The number of phosphoric ester groups is 1. The number of rotatable bonds is 42. The fraction of sp³-hybridized carbons (Fsp3) is 0.822. The Morgan fingerprint density at radius 2 is 0.945 bits per heavy atom. The molecule has 0 aromatic rings. The summed E-state index contributed by atoms with van der Waals surface area (Å²) in [5, 5.41) is 0. The van der Waals surface area contributed by atoms with Crippen LogP contribution in [-0.4, -0.2) is 49.3 Å². The monoisotopic (exact) mass is 798 g/mol. The molecule has 2 atom stereocenters. The highest BCUT2D eigenvalue weighted by Gasteiger charge is 2.26. The van der Waals surface area contributed by atoms with Crippen molar-refractivity contribution in [1.82, 2.24) is 0 Å². The minimum atomic E-state index is -4.38. The van der Waals surface area contributed by atoms with Crippen LogP contribution in [0, 0.1) is 0 Å². The maximum absolute atomic E-state index is 12.6. The number of phosphoric acid groups is 1. The van der Waals surface area contributed by atoms with E-state index >= 15 is 0 Å². The first-order valence-corrected chi connectivity index (χ1v) is 24.0. The van der Waals surface area contributed by atoms with E-state index in [9.17, 15) is 19.0 Å². The predicted molar refractivity (Wildman–Crippen MR) is 229 cm³/mol. The number of hydrogen-bond acceptors (Lipinski definition) is 8. The van der Waals surface area contributed by atoms with E-state index in [1.165, 1.54) is 116 Å². The van der Waals surface area contributed by atoms with E-state index in [0.717, 1.165) is 57.8 Å². The van der Waals surface area contributed by atoms with E-state index in [2.05, 4.69) is 50.3 Å². The van der Waals surface area contributed by atoms with Crippen molar-refractivity contribution in [1.29, 1.82) is 0 Å². The van der Waals surface area contributed by atoms with Gasteiger partial charge in [-0.1, -0.05) is 159 Å². The standard InChI is InChI=1S/C45H84NO8P/c1-3-5-7-9-11-13-15-17-19-20-21-22-24-25-27-29-31-33-35-37-44(47)51-41-43(42-53-55(49,50)52-40-39-46)54-45(48)38-36-34-32-30-28-26-23-18-16-14-12-10-8-6-4-2/h12,14,17-19,23,43H,3-11,13,15-16,20-22,24-42,46H2,1-2H3,(H,49,50)/b14-12-,19-17-,23-18-/t43-/m1/s1. The van der Waals surface area contributed by atoms with Crippen molar-refractivity contribution < 1.29 is 37.6 Å². The molecule has 1 unspecified atom stereocenters. The molecular weight excluding hydrogens is 713 g/mol. The van der Waals surface area contributed by atoms with Crippen molar-refractivity contribution in [2.24, 2.45) is 5.73 Å². The molecule has 0 aromatic heterocycles. The van der Waals surface area contributed by atoms with Gasteiger partial charge in [0, 0.05) is 19.4 Å². The number of esters is 2. The average molecular weight is 798 g/mol. The van der Waals surface area contributed by atoms with Crippen LogP contribution in [0.15, 0.2) is 36.5 Å². The second kappa shape index (κ2) is 41.9. The van der Waals surface area contributed by atoms with Gasteiger partial charge in [-0.3, -0.25) is 18.6 Å². The van der Waals surface area contributed by atoms with Crippen LogP contribution >= 0.6 is 7.82 Å². The number of unbranched alkanes of at least 4 members (excludes halogenated alkanes) is 23. The smallest absolute Gasteiger partial charge is 0.462 e. The number of ether oxygens (including phenoxy) is 2. The van der Waals surface area contributed by atoms with Gasteiger partial charge in [0.1, 0.15) is 6.61 Å². The maximum atomic E-state index is 12.6. The highest BCUT2D eigenvalue weighted by Crippen LogP contribution is 2.43. The Balaban J connectivity index is 4.13. The Bertz CT molecular complexity index is 1000. The molecule has 3 N–H and O–H groups in total. The van der Waals surface area contributed by atoms with Gasteiger partial charge in [0.05, 0.1) is 13.2 Å². The van der Waals surface area contributed by atoms with Crippen LogP contribution in [0.3, 0.4) is 0 Å². The molecule has 0 aliphatic rings. The van der Waals surface area contributed by atoms with Crippen LogP contribution in [0.5, 0.6) is 0 Å². The molecule has 9 nitrogen and oxygen atoms in total. The molecule has 0 amide bonds. The Hall–Kier alpha value is -1.77. The first-order chi connectivity index (χ1) is 26.8. The maximum Gasteiger partial charge on any atom is 0.472 e. The normalized spacial score (nSPS) is 13.6. The van der Waals surface area contributed by atoms with Crippen molar-refractivity contribution in [3.05, 3.63) is 36.5 Å². The van der Waals surface area contributed by atoms with Gasteiger partial charge in [-0.25, -0.2) is 4.57 Å². The van der Waals surface area contributed by atoms with Crippen molar-refractivity contribution in [3.63, 3.8) is 0 Å². The van der Waals surface area contributed by atoms with Crippen LogP contribution in [0.1, 0.15) is 206 Å². The Labute approximate surface area is 337 Å². The van der Waals surface area contributed by atoms with E-state index in [1.54, 1.807) is 0 Å². The topological polar surface area (TPSA) is 134 Å². The fourth-order valence-corrected chi connectivity index (χ4v) is 6.89. The number of carbonyl (C=O) groups is 2. The van der Waals surface area contributed by atoms with Gasteiger partial charge in [0.25, 0.3) is 0 Å². The van der Waals surface area contributed by atoms with Crippen molar-refractivity contribution in [2.45, 2.75) is 213 Å². The summed E-state index contributed by atoms with van der Waals surface area (Å²) in [5.41, 5.74) is 5.35. The van der Waals surface area contributed by atoms with Gasteiger partial charge in [-0.15, -0.1) is 0 Å². The van der Waals surface area contributed by atoms with Crippen molar-refractivity contribution >= 4 is 19.8 Å². The molecule has 0 radical (unpaired) electrons. The molecule has 10 heteroatoms. The summed E-state index contributed by atoms with van der Waals surface area (Å²) in [5.74, 6) is -0.844. The molecule has 0 aliphatic heterocycles. The van der Waals surface area contributed by atoms with E-state index in [-0.39, 0.29) is 38.6 Å². The number of allylic oxidation sites excluding steroid dienone is 6. The lowest BCUT2D eigenvalue weighted by Gasteiger charge is -2.19. The first kappa shape index (κ1) is 53.2. The van der Waals surface area contributed by atoms with Crippen molar-refractivity contribution in [3.8, 4) is 0 Å². The predicted octanol–water partition coefficient (Wildman–Crippen LogP) is 12.9. The van der Waals surface area contributed by atoms with Crippen LogP contribution < -0.4 is 5.73 Å². The lowest BCUT2D eigenvalue weighted by atomic mass is 10.1. The summed E-state index contributed by atoms with van der Waals surface area (Å²) < 4.78 is 32.8. The zero-order valence-corrected chi connectivity index (χ0v) is 36.3. The summed E-state index contributed by atoms with van der Waals surface area (Å²) >= 11 is 0. The van der Waals surface area contributed by atoms with Crippen LogP contribution in [-0.2, 0) is 32.7 Å². The lowest BCUT2D eigenvalue weighted by molar-refractivity contribution is -0.161. The van der Waals surface area contributed by atoms with E-state index in [0.29, 0.717) is 6.42 Å². The number of nitrogens with two attached hydrogens (primary N) is 1. The quantitative estimate of drug-likeness (QED) is 0.0268. The number of hydrogen-bond donors (Lipinski definition) is 2. The SMILES string of the molecule is CCCCC/C=C\C/C=C\CCCCCCCC(=O)O[C@H](COC(=O)CCCCCCCCCCC/C=C\CCCCCCCC)COP(=O)(O)OCCN. The van der Waals surface area contributed by atoms with Gasteiger partial charge in [-0.2, -0.15) is 0 Å². The summed E-state index contributed by atoms with van der Waals surface area (Å²) in [6.07, 6.45) is 46.0. The minimum absolute atomic E-state index is 0.0506. The van der Waals surface area contributed by atoms with Crippen molar-refractivity contribution in [2.75, 3.05) is 26.4 Å². The summed E-state index contributed by atoms with van der Waals surface area (Å²) in [6, 6.07) is 0. The average Bonchev–Trinajstić information content (AvgIpc) is 3.17. The Morgan fingerprint density at radius 3 is 1.44 bits per heavy atom. The minimum Gasteiger partial charge on any atom is -0.462 e. The Morgan fingerprint density at radius 1 is 0.545 bits per heavy atom. The molecule has 0 saturated carbocycles. The molecule has 55 heavy (non-hydrogen) atoms. The summed E-state index contributed by atoms with van der Waals surface area (Å²) in [4.78, 5) is 34.9.